The van der Waals surface area contributed by atoms with Crippen molar-refractivity contribution in [1.82, 2.24) is 4.98 Å². The minimum absolute atomic E-state index is 0.115. The third kappa shape index (κ3) is 4.64. The third-order valence-corrected chi connectivity index (χ3v) is 5.29. The van der Waals surface area contributed by atoms with Gasteiger partial charge in [-0.2, -0.15) is 13.2 Å². The van der Waals surface area contributed by atoms with Crippen LogP contribution in [0.5, 0.6) is 5.88 Å². The van der Waals surface area contributed by atoms with E-state index in [4.69, 9.17) is 4.74 Å². The lowest BCUT2D eigenvalue weighted by Crippen LogP contribution is -2.25. The van der Waals surface area contributed by atoms with Gasteiger partial charge in [0.05, 0.1) is 12.1 Å². The van der Waals surface area contributed by atoms with E-state index in [2.05, 4.69) is 4.98 Å². The van der Waals surface area contributed by atoms with Crippen LogP contribution in [0.2, 0.25) is 0 Å². The fourth-order valence-electron chi connectivity index (χ4n) is 3.67. The molecule has 8 heteroatoms. The summed E-state index contributed by atoms with van der Waals surface area (Å²) < 4.78 is 43.7. The number of hydrogen-bond acceptors (Lipinski definition) is 5. The van der Waals surface area contributed by atoms with Gasteiger partial charge in [-0.25, -0.2) is 4.98 Å². The van der Waals surface area contributed by atoms with Crippen molar-refractivity contribution in [2.24, 2.45) is 0 Å². The molecule has 5 nitrogen and oxygen atoms in total. The monoisotopic (exact) mass is 440 g/mol. The molecule has 2 heterocycles. The summed E-state index contributed by atoms with van der Waals surface area (Å²) in [6, 6.07) is 15.9. The number of halogens is 3. The van der Waals surface area contributed by atoms with Gasteiger partial charge in [-0.1, -0.05) is 30.3 Å². The highest BCUT2D eigenvalue weighted by Gasteiger charge is 2.31. The number of rotatable bonds is 6. The number of aldehydes is 1. The molecule has 0 N–H and O–H groups in total. The van der Waals surface area contributed by atoms with Crippen molar-refractivity contribution >= 4 is 17.8 Å². The fourth-order valence-corrected chi connectivity index (χ4v) is 3.67. The number of nitrogens with zero attached hydrogens (tertiary/aromatic N) is 2. The lowest BCUT2D eigenvalue weighted by Gasteiger charge is -2.21. The van der Waals surface area contributed by atoms with Gasteiger partial charge in [-0.15, -0.1) is 0 Å². The average molecular weight is 440 g/mol. The van der Waals surface area contributed by atoms with E-state index >= 15 is 0 Å². The van der Waals surface area contributed by atoms with Crippen LogP contribution in [0.25, 0.3) is 0 Å². The molecular weight excluding hydrogens is 421 g/mol. The Balaban J connectivity index is 1.45. The second-order valence-electron chi connectivity index (χ2n) is 7.44. The Morgan fingerprint density at radius 2 is 1.84 bits per heavy atom. The predicted molar refractivity (Wildman–Crippen MR) is 112 cm³/mol. The van der Waals surface area contributed by atoms with Crippen LogP contribution < -0.4 is 9.64 Å². The molecule has 0 amide bonds. The molecule has 1 saturated heterocycles. The van der Waals surface area contributed by atoms with Gasteiger partial charge in [-0.05, 0) is 24.3 Å². The Hall–Kier alpha value is -3.68. The summed E-state index contributed by atoms with van der Waals surface area (Å²) in [7, 11) is 0. The maximum Gasteiger partial charge on any atom is 0.417 e. The summed E-state index contributed by atoms with van der Waals surface area (Å²) in [5.74, 6) is -0.0551. The van der Waals surface area contributed by atoms with Gasteiger partial charge in [0.25, 0.3) is 0 Å². The van der Waals surface area contributed by atoms with E-state index in [0.717, 1.165) is 12.3 Å². The van der Waals surface area contributed by atoms with Crippen LogP contribution >= 0.6 is 0 Å². The Bertz CT molecular complexity index is 1120. The van der Waals surface area contributed by atoms with Gasteiger partial charge in [0.2, 0.25) is 5.88 Å². The molecule has 1 fully saturated rings. The molecule has 0 saturated carbocycles. The first-order valence-corrected chi connectivity index (χ1v) is 9.99. The van der Waals surface area contributed by atoms with Crippen LogP contribution in [0.3, 0.4) is 0 Å². The van der Waals surface area contributed by atoms with Gasteiger partial charge >= 0.3 is 6.18 Å². The lowest BCUT2D eigenvalue weighted by atomic mass is 10.0. The molecule has 2 aromatic carbocycles. The van der Waals surface area contributed by atoms with Crippen molar-refractivity contribution in [2.45, 2.75) is 18.7 Å². The molecule has 3 aromatic rings. The van der Waals surface area contributed by atoms with Crippen molar-refractivity contribution in [3.63, 3.8) is 0 Å². The third-order valence-electron chi connectivity index (χ3n) is 5.29. The summed E-state index contributed by atoms with van der Waals surface area (Å²) in [5, 5.41) is 0. The molecule has 0 bridgehead atoms. The normalized spacial score (nSPS) is 16.1. The molecule has 0 spiro atoms. The zero-order chi connectivity index (χ0) is 22.7. The van der Waals surface area contributed by atoms with Gasteiger partial charge in [0, 0.05) is 47.6 Å². The van der Waals surface area contributed by atoms with Crippen molar-refractivity contribution in [2.75, 3.05) is 18.0 Å². The smallest absolute Gasteiger partial charge is 0.417 e. The van der Waals surface area contributed by atoms with Crippen LogP contribution in [0.4, 0.5) is 18.9 Å². The first-order valence-electron chi connectivity index (χ1n) is 9.99. The van der Waals surface area contributed by atoms with Gasteiger partial charge < -0.3 is 9.64 Å². The number of hydrogen-bond donors (Lipinski definition) is 0. The van der Waals surface area contributed by atoms with Crippen LogP contribution in [0.1, 0.15) is 38.3 Å². The second-order valence-corrected chi connectivity index (χ2v) is 7.44. The van der Waals surface area contributed by atoms with Gasteiger partial charge in [0.15, 0.2) is 12.1 Å². The molecule has 0 unspecified atom stereocenters. The summed E-state index contributed by atoms with van der Waals surface area (Å²) in [5.41, 5.74) is 1.19. The Labute approximate surface area is 182 Å². The van der Waals surface area contributed by atoms with Crippen LogP contribution in [-0.2, 0) is 6.18 Å². The number of pyridine rings is 1. The highest BCUT2D eigenvalue weighted by Crippen LogP contribution is 2.30. The van der Waals surface area contributed by atoms with Crippen molar-refractivity contribution < 1.29 is 27.5 Å². The molecule has 164 valence electrons. The Morgan fingerprint density at radius 3 is 2.50 bits per heavy atom. The summed E-state index contributed by atoms with van der Waals surface area (Å²) >= 11 is 0. The second kappa shape index (κ2) is 8.82. The predicted octanol–water partition coefficient (Wildman–Crippen LogP) is 4.80. The topological polar surface area (TPSA) is 59.5 Å². The SMILES string of the molecule is O=Cc1cc(C(=O)c2ccccc2)ccc1N1CC[C@H](Oc2ccc(C(F)(F)F)cn2)C1. The Kier molecular flexibility index (Phi) is 5.94. The molecule has 1 aliphatic heterocycles. The van der Waals surface area contributed by atoms with Gasteiger partial charge in [-0.3, -0.25) is 9.59 Å². The number of anilines is 1. The largest absolute Gasteiger partial charge is 0.472 e. The minimum atomic E-state index is -4.45. The lowest BCUT2D eigenvalue weighted by molar-refractivity contribution is -0.137. The summed E-state index contributed by atoms with van der Waals surface area (Å²) in [6.07, 6.45) is -2.66. The minimum Gasteiger partial charge on any atom is -0.472 e. The molecule has 0 radical (unpaired) electrons. The maximum absolute atomic E-state index is 12.7. The first kappa shape index (κ1) is 21.5. The number of benzene rings is 2. The number of ether oxygens (including phenoxy) is 1. The van der Waals surface area contributed by atoms with E-state index in [-0.39, 0.29) is 17.8 Å². The molecule has 0 aliphatic carbocycles. The van der Waals surface area contributed by atoms with Crippen LogP contribution in [0.15, 0.2) is 66.9 Å². The first-order chi connectivity index (χ1) is 15.3. The zero-order valence-electron chi connectivity index (χ0n) is 16.9. The number of carbonyl (C=O) groups excluding carboxylic acids is 2. The summed E-state index contributed by atoms with van der Waals surface area (Å²) in [6.45, 7) is 1.04. The van der Waals surface area contributed by atoms with E-state index in [1.807, 2.05) is 11.0 Å². The number of ketones is 1. The van der Waals surface area contributed by atoms with Gasteiger partial charge in [0.1, 0.15) is 6.10 Å². The van der Waals surface area contributed by atoms with Crippen molar-refractivity contribution in [3.05, 3.63) is 89.1 Å². The maximum atomic E-state index is 12.7. The molecule has 1 aromatic heterocycles. The highest BCUT2D eigenvalue weighted by atomic mass is 19.4. The summed E-state index contributed by atoms with van der Waals surface area (Å²) in [4.78, 5) is 30.1. The van der Waals surface area contributed by atoms with E-state index in [1.54, 1.807) is 42.5 Å². The molecular formula is C24H19F3N2O3. The molecule has 32 heavy (non-hydrogen) atoms. The van der Waals surface area contributed by atoms with Crippen molar-refractivity contribution in [1.29, 1.82) is 0 Å². The van der Waals surface area contributed by atoms with E-state index < -0.39 is 11.7 Å². The van der Waals surface area contributed by atoms with E-state index in [9.17, 15) is 22.8 Å². The molecule has 1 atom stereocenters. The van der Waals surface area contributed by atoms with Crippen molar-refractivity contribution in [3.8, 4) is 5.88 Å². The standard InChI is InChI=1S/C24H19F3N2O3/c25-24(26,27)19-7-9-22(28-13-19)32-20-10-11-29(14-20)21-8-6-17(12-18(21)15-30)23(31)16-4-2-1-3-5-16/h1-9,12-13,15,20H,10-11,14H2/t20-/m0/s1. The number of alkyl halides is 3. The molecule has 1 aliphatic rings. The van der Waals surface area contributed by atoms with E-state index in [0.29, 0.717) is 48.2 Å². The Morgan fingerprint density at radius 1 is 1.06 bits per heavy atom. The zero-order valence-corrected chi connectivity index (χ0v) is 16.9. The van der Waals surface area contributed by atoms with Crippen LogP contribution in [-0.4, -0.2) is 36.2 Å². The van der Waals surface area contributed by atoms with E-state index in [1.165, 1.54) is 6.07 Å². The number of aromatic nitrogens is 1. The highest BCUT2D eigenvalue weighted by molar-refractivity contribution is 6.10. The van der Waals surface area contributed by atoms with Crippen LogP contribution in [0, 0.1) is 0 Å². The number of carbonyl (C=O) groups is 2. The quantitative estimate of drug-likeness (QED) is 0.407. The fraction of sp³-hybridized carbons (Fsp3) is 0.208. The average Bonchev–Trinajstić information content (AvgIpc) is 3.26. The molecule has 4 rings (SSSR count).